The van der Waals surface area contributed by atoms with Gasteiger partial charge in [-0.2, -0.15) is 0 Å². The van der Waals surface area contributed by atoms with Crippen molar-refractivity contribution in [1.82, 2.24) is 4.90 Å². The minimum absolute atomic E-state index is 0.0808. The van der Waals surface area contributed by atoms with Crippen LogP contribution in [0.5, 0.6) is 5.75 Å². The van der Waals surface area contributed by atoms with E-state index in [9.17, 15) is 18.8 Å². The number of carbonyl (C=O) groups excluding carboxylic acids is 3. The highest BCUT2D eigenvalue weighted by molar-refractivity contribution is 8.18. The van der Waals surface area contributed by atoms with Gasteiger partial charge < -0.3 is 10.1 Å². The number of carbonyl (C=O) groups is 3. The summed E-state index contributed by atoms with van der Waals surface area (Å²) in [5, 5.41) is 2.45. The van der Waals surface area contributed by atoms with Gasteiger partial charge in [-0.3, -0.25) is 19.3 Å². The summed E-state index contributed by atoms with van der Waals surface area (Å²) in [7, 11) is 0. The summed E-state index contributed by atoms with van der Waals surface area (Å²) >= 11 is 6.81. The fraction of sp³-hybridized carbons (Fsp3) is 0.148. The van der Waals surface area contributed by atoms with Crippen LogP contribution in [0.4, 0.5) is 14.9 Å². The van der Waals surface area contributed by atoms with Crippen molar-refractivity contribution >= 4 is 52.2 Å². The minimum atomic E-state index is -0.586. The summed E-state index contributed by atoms with van der Waals surface area (Å²) in [5.74, 6) is -1.00. The van der Waals surface area contributed by atoms with Gasteiger partial charge >= 0.3 is 0 Å². The van der Waals surface area contributed by atoms with E-state index in [-0.39, 0.29) is 34.6 Å². The molecule has 3 aromatic carbocycles. The van der Waals surface area contributed by atoms with E-state index in [0.29, 0.717) is 11.3 Å². The third-order valence-electron chi connectivity index (χ3n) is 5.43. The number of anilines is 1. The molecule has 1 N–H and O–H groups in total. The maximum Gasteiger partial charge on any atom is 0.293 e. The zero-order chi connectivity index (χ0) is 25.8. The second-order valence-electron chi connectivity index (χ2n) is 8.20. The molecular weight excluding hydrogens is 503 g/mol. The van der Waals surface area contributed by atoms with Gasteiger partial charge in [-0.15, -0.1) is 0 Å². The number of hydrogen-bond donors (Lipinski definition) is 1. The summed E-state index contributed by atoms with van der Waals surface area (Å²) in [6, 6.07) is 16.7. The van der Waals surface area contributed by atoms with Gasteiger partial charge in [0.25, 0.3) is 17.1 Å². The van der Waals surface area contributed by atoms with E-state index in [4.69, 9.17) is 16.3 Å². The summed E-state index contributed by atoms with van der Waals surface area (Å²) in [6.45, 7) is 3.44. The highest BCUT2D eigenvalue weighted by Gasteiger charge is 2.35. The molecule has 1 saturated heterocycles. The zero-order valence-corrected chi connectivity index (χ0v) is 21.1. The molecule has 0 aliphatic carbocycles. The molecule has 4 rings (SSSR count). The van der Waals surface area contributed by atoms with Gasteiger partial charge in [0.05, 0.1) is 11.4 Å². The minimum Gasteiger partial charge on any atom is -0.484 e. The number of benzene rings is 3. The van der Waals surface area contributed by atoms with Crippen molar-refractivity contribution in [2.24, 2.45) is 0 Å². The summed E-state index contributed by atoms with van der Waals surface area (Å²) in [4.78, 5) is 38.8. The predicted octanol–water partition coefficient (Wildman–Crippen LogP) is 6.35. The fourth-order valence-electron chi connectivity index (χ4n) is 3.61. The molecule has 0 radical (unpaired) electrons. The monoisotopic (exact) mass is 524 g/mol. The predicted molar refractivity (Wildman–Crippen MR) is 139 cm³/mol. The molecule has 0 atom stereocenters. The number of amides is 3. The van der Waals surface area contributed by atoms with Crippen LogP contribution in [0.1, 0.15) is 22.3 Å². The van der Waals surface area contributed by atoms with Crippen molar-refractivity contribution in [2.45, 2.75) is 20.4 Å². The zero-order valence-electron chi connectivity index (χ0n) is 19.5. The van der Waals surface area contributed by atoms with E-state index < -0.39 is 17.0 Å². The van der Waals surface area contributed by atoms with Gasteiger partial charge in [-0.1, -0.05) is 47.5 Å². The molecule has 0 saturated carbocycles. The maximum absolute atomic E-state index is 14.1. The Labute approximate surface area is 217 Å². The Bertz CT molecular complexity index is 1370. The van der Waals surface area contributed by atoms with Crippen LogP contribution in [0, 0.1) is 19.7 Å². The second-order valence-corrected chi connectivity index (χ2v) is 9.60. The van der Waals surface area contributed by atoms with Crippen molar-refractivity contribution in [2.75, 3.05) is 11.9 Å². The number of halogens is 2. The number of hydrogen-bond acceptors (Lipinski definition) is 5. The number of ether oxygens (including phenoxy) is 1. The largest absolute Gasteiger partial charge is 0.484 e. The highest BCUT2D eigenvalue weighted by atomic mass is 35.5. The van der Waals surface area contributed by atoms with Crippen LogP contribution in [-0.2, 0) is 16.1 Å². The normalized spacial score (nSPS) is 14.4. The number of aryl methyl sites for hydroxylation is 2. The molecule has 0 spiro atoms. The first kappa shape index (κ1) is 25.5. The standard InChI is InChI=1S/C27H22ClFN2O4S/c1-16-9-10-23(17(2)11-16)30-25(32)15-35-19-6-3-5-18(12-19)13-24-26(33)31(27(34)36-24)14-20-21(28)7-4-8-22(20)29/h3-13H,14-15H2,1-2H3,(H,30,32)/b24-13-. The molecule has 36 heavy (non-hydrogen) atoms. The molecule has 3 aromatic rings. The Morgan fingerprint density at radius 2 is 1.89 bits per heavy atom. The number of imide groups is 1. The lowest BCUT2D eigenvalue weighted by Crippen LogP contribution is -2.28. The molecule has 0 bridgehead atoms. The van der Waals surface area contributed by atoms with Gasteiger partial charge in [0.15, 0.2) is 6.61 Å². The molecule has 0 aromatic heterocycles. The fourth-order valence-corrected chi connectivity index (χ4v) is 4.67. The molecule has 3 amide bonds. The third-order valence-corrected chi connectivity index (χ3v) is 6.69. The van der Waals surface area contributed by atoms with Crippen LogP contribution in [0.15, 0.2) is 65.6 Å². The third kappa shape index (κ3) is 5.95. The first-order valence-corrected chi connectivity index (χ1v) is 12.2. The number of rotatable bonds is 7. The summed E-state index contributed by atoms with van der Waals surface area (Å²) in [5.41, 5.74) is 3.47. The Morgan fingerprint density at radius 1 is 1.11 bits per heavy atom. The van der Waals surface area contributed by atoms with E-state index in [2.05, 4.69) is 5.32 Å². The highest BCUT2D eigenvalue weighted by Crippen LogP contribution is 2.35. The number of thioether (sulfide) groups is 1. The van der Waals surface area contributed by atoms with Crippen molar-refractivity contribution in [3.8, 4) is 5.75 Å². The van der Waals surface area contributed by atoms with Crippen molar-refractivity contribution < 1.29 is 23.5 Å². The van der Waals surface area contributed by atoms with E-state index >= 15 is 0 Å². The van der Waals surface area contributed by atoms with Gasteiger partial charge in [-0.25, -0.2) is 4.39 Å². The Balaban J connectivity index is 1.41. The molecule has 1 heterocycles. The molecule has 0 unspecified atom stereocenters. The molecule has 6 nitrogen and oxygen atoms in total. The van der Waals surface area contributed by atoms with E-state index in [1.54, 1.807) is 30.3 Å². The number of nitrogens with one attached hydrogen (secondary N) is 1. The van der Waals surface area contributed by atoms with Gasteiger partial charge in [0.1, 0.15) is 11.6 Å². The number of nitrogens with zero attached hydrogens (tertiary/aromatic N) is 1. The van der Waals surface area contributed by atoms with Crippen molar-refractivity contribution in [3.05, 3.63) is 98.7 Å². The average Bonchev–Trinajstić information content (AvgIpc) is 3.09. The molecule has 1 aliphatic rings. The molecule has 9 heteroatoms. The Kier molecular flexibility index (Phi) is 7.76. The van der Waals surface area contributed by atoms with E-state index in [1.807, 2.05) is 32.0 Å². The van der Waals surface area contributed by atoms with Crippen LogP contribution in [0.2, 0.25) is 5.02 Å². The van der Waals surface area contributed by atoms with Crippen LogP contribution < -0.4 is 10.1 Å². The van der Waals surface area contributed by atoms with Gasteiger partial charge in [0.2, 0.25) is 0 Å². The maximum atomic E-state index is 14.1. The lowest BCUT2D eigenvalue weighted by atomic mass is 10.1. The van der Waals surface area contributed by atoms with Crippen LogP contribution in [-0.4, -0.2) is 28.6 Å². The second kappa shape index (κ2) is 11.0. The van der Waals surface area contributed by atoms with E-state index in [0.717, 1.165) is 33.5 Å². The van der Waals surface area contributed by atoms with E-state index in [1.165, 1.54) is 18.2 Å². The first-order chi connectivity index (χ1) is 17.2. The lowest BCUT2D eigenvalue weighted by molar-refractivity contribution is -0.123. The van der Waals surface area contributed by atoms with Crippen LogP contribution in [0.25, 0.3) is 6.08 Å². The summed E-state index contributed by atoms with van der Waals surface area (Å²) in [6.07, 6.45) is 1.55. The Hall–Kier alpha value is -3.62. The topological polar surface area (TPSA) is 75.7 Å². The average molecular weight is 525 g/mol. The van der Waals surface area contributed by atoms with Gasteiger partial charge in [0, 0.05) is 16.3 Å². The van der Waals surface area contributed by atoms with Gasteiger partial charge in [-0.05, 0) is 73.1 Å². The molecular formula is C27H22ClFN2O4S. The SMILES string of the molecule is Cc1ccc(NC(=O)COc2cccc(/C=C3\SC(=O)N(Cc4c(F)cccc4Cl)C3=O)c2)c(C)c1. The van der Waals surface area contributed by atoms with Crippen molar-refractivity contribution in [3.63, 3.8) is 0 Å². The molecule has 184 valence electrons. The molecule has 1 fully saturated rings. The summed E-state index contributed by atoms with van der Waals surface area (Å²) < 4.78 is 19.8. The molecule has 1 aliphatic heterocycles. The quantitative estimate of drug-likeness (QED) is 0.364. The lowest BCUT2D eigenvalue weighted by Gasteiger charge is -2.14. The Morgan fingerprint density at radius 3 is 2.64 bits per heavy atom. The van der Waals surface area contributed by atoms with Crippen LogP contribution in [0.3, 0.4) is 0 Å². The van der Waals surface area contributed by atoms with Crippen molar-refractivity contribution in [1.29, 1.82) is 0 Å². The van der Waals surface area contributed by atoms with Crippen LogP contribution >= 0.6 is 23.4 Å². The first-order valence-electron chi connectivity index (χ1n) is 11.0. The smallest absolute Gasteiger partial charge is 0.293 e.